The van der Waals surface area contributed by atoms with Crippen LogP contribution in [-0.2, 0) is 4.79 Å². The Morgan fingerprint density at radius 3 is 2.57 bits per heavy atom. The van der Waals surface area contributed by atoms with Crippen molar-refractivity contribution in [1.82, 2.24) is 0 Å². The van der Waals surface area contributed by atoms with Crippen LogP contribution in [0.5, 0.6) is 0 Å². The highest BCUT2D eigenvalue weighted by Crippen LogP contribution is 2.27. The van der Waals surface area contributed by atoms with Crippen molar-refractivity contribution < 1.29 is 13.6 Å². The van der Waals surface area contributed by atoms with E-state index < -0.39 is 16.9 Å². The second-order valence-corrected chi connectivity index (χ2v) is 6.02. The highest BCUT2D eigenvalue weighted by Gasteiger charge is 2.17. The summed E-state index contributed by atoms with van der Waals surface area (Å²) in [6.07, 6.45) is 0. The van der Waals surface area contributed by atoms with Crippen LogP contribution in [0.25, 0.3) is 0 Å². The SMILES string of the molecule is Cc1ccccc1SC(C)C(=O)Nc1ccc(F)cc1F. The van der Waals surface area contributed by atoms with Gasteiger partial charge in [0.1, 0.15) is 11.6 Å². The van der Waals surface area contributed by atoms with Crippen LogP contribution >= 0.6 is 11.8 Å². The molecule has 1 amide bonds. The van der Waals surface area contributed by atoms with Gasteiger partial charge in [0, 0.05) is 11.0 Å². The Kier molecular flexibility index (Phi) is 4.96. The van der Waals surface area contributed by atoms with Gasteiger partial charge in [-0.1, -0.05) is 18.2 Å². The van der Waals surface area contributed by atoms with Gasteiger partial charge in [0.2, 0.25) is 5.91 Å². The first-order valence-electron chi connectivity index (χ1n) is 6.45. The van der Waals surface area contributed by atoms with Gasteiger partial charge in [-0.2, -0.15) is 0 Å². The van der Waals surface area contributed by atoms with E-state index in [-0.39, 0.29) is 11.6 Å². The fourth-order valence-corrected chi connectivity index (χ4v) is 2.72. The summed E-state index contributed by atoms with van der Waals surface area (Å²) >= 11 is 1.40. The second kappa shape index (κ2) is 6.72. The summed E-state index contributed by atoms with van der Waals surface area (Å²) in [4.78, 5) is 13.1. The van der Waals surface area contributed by atoms with E-state index in [1.54, 1.807) is 6.92 Å². The molecule has 0 aliphatic heterocycles. The number of thioether (sulfide) groups is 1. The molecule has 21 heavy (non-hydrogen) atoms. The molecule has 0 radical (unpaired) electrons. The molecule has 2 aromatic rings. The molecule has 5 heteroatoms. The van der Waals surface area contributed by atoms with E-state index in [0.29, 0.717) is 0 Å². The number of nitrogens with one attached hydrogen (secondary N) is 1. The lowest BCUT2D eigenvalue weighted by atomic mass is 10.2. The third-order valence-electron chi connectivity index (χ3n) is 2.96. The quantitative estimate of drug-likeness (QED) is 0.849. The monoisotopic (exact) mass is 307 g/mol. The highest BCUT2D eigenvalue weighted by atomic mass is 32.2. The van der Waals surface area contributed by atoms with E-state index in [0.717, 1.165) is 22.6 Å². The normalized spacial score (nSPS) is 12.0. The van der Waals surface area contributed by atoms with Gasteiger partial charge in [-0.25, -0.2) is 8.78 Å². The number of halogens is 2. The molecule has 2 rings (SSSR count). The maximum absolute atomic E-state index is 13.5. The van der Waals surface area contributed by atoms with Gasteiger partial charge in [-0.3, -0.25) is 4.79 Å². The molecular formula is C16H15F2NOS. The summed E-state index contributed by atoms with van der Waals surface area (Å²) < 4.78 is 26.3. The number of benzene rings is 2. The minimum absolute atomic E-state index is 0.0152. The molecule has 1 atom stereocenters. The fourth-order valence-electron chi connectivity index (χ4n) is 1.76. The average Bonchev–Trinajstić information content (AvgIpc) is 2.44. The van der Waals surface area contributed by atoms with Gasteiger partial charge in [-0.05, 0) is 37.6 Å². The van der Waals surface area contributed by atoms with Crippen LogP contribution in [0.3, 0.4) is 0 Å². The van der Waals surface area contributed by atoms with Crippen molar-refractivity contribution in [2.24, 2.45) is 0 Å². The van der Waals surface area contributed by atoms with Gasteiger partial charge in [0.25, 0.3) is 0 Å². The zero-order valence-corrected chi connectivity index (χ0v) is 12.5. The number of aryl methyl sites for hydroxylation is 1. The third-order valence-corrected chi connectivity index (χ3v) is 4.24. The molecule has 2 aromatic carbocycles. The molecule has 0 bridgehead atoms. The first kappa shape index (κ1) is 15.5. The van der Waals surface area contributed by atoms with Crippen LogP contribution in [0.2, 0.25) is 0 Å². The number of carbonyl (C=O) groups excluding carboxylic acids is 1. The van der Waals surface area contributed by atoms with Gasteiger partial charge in [0.05, 0.1) is 10.9 Å². The van der Waals surface area contributed by atoms with Crippen LogP contribution in [0.1, 0.15) is 12.5 Å². The molecule has 0 aromatic heterocycles. The molecule has 0 heterocycles. The first-order valence-corrected chi connectivity index (χ1v) is 7.33. The van der Waals surface area contributed by atoms with Crippen molar-refractivity contribution in [3.8, 4) is 0 Å². The molecule has 2 nitrogen and oxygen atoms in total. The van der Waals surface area contributed by atoms with Crippen LogP contribution < -0.4 is 5.32 Å². The Bertz CT molecular complexity index is 660. The molecular weight excluding hydrogens is 292 g/mol. The Morgan fingerprint density at radius 1 is 1.19 bits per heavy atom. The molecule has 0 saturated heterocycles. The van der Waals surface area contributed by atoms with Gasteiger partial charge in [0.15, 0.2) is 0 Å². The van der Waals surface area contributed by atoms with Crippen LogP contribution in [0, 0.1) is 18.6 Å². The fraction of sp³-hybridized carbons (Fsp3) is 0.188. The van der Waals surface area contributed by atoms with Gasteiger partial charge in [-0.15, -0.1) is 11.8 Å². The number of amides is 1. The zero-order chi connectivity index (χ0) is 15.4. The lowest BCUT2D eigenvalue weighted by Crippen LogP contribution is -2.23. The minimum Gasteiger partial charge on any atom is -0.323 e. The van der Waals surface area contributed by atoms with Crippen LogP contribution in [-0.4, -0.2) is 11.2 Å². The van der Waals surface area contributed by atoms with Crippen molar-refractivity contribution in [1.29, 1.82) is 0 Å². The highest BCUT2D eigenvalue weighted by molar-refractivity contribution is 8.00. The lowest BCUT2D eigenvalue weighted by molar-refractivity contribution is -0.115. The largest absolute Gasteiger partial charge is 0.323 e. The molecule has 0 aliphatic rings. The first-order chi connectivity index (χ1) is 9.97. The molecule has 0 saturated carbocycles. The molecule has 0 aliphatic carbocycles. The third kappa shape index (κ3) is 4.04. The van der Waals surface area contributed by atoms with E-state index >= 15 is 0 Å². The summed E-state index contributed by atoms with van der Waals surface area (Å²) in [5.74, 6) is -1.78. The molecule has 0 fully saturated rings. The molecule has 1 unspecified atom stereocenters. The predicted octanol–water partition coefficient (Wildman–Crippen LogP) is 4.39. The minimum atomic E-state index is -0.781. The summed E-state index contributed by atoms with van der Waals surface area (Å²) in [7, 11) is 0. The maximum Gasteiger partial charge on any atom is 0.237 e. The van der Waals surface area contributed by atoms with Crippen molar-refractivity contribution >= 4 is 23.4 Å². The molecule has 0 spiro atoms. The van der Waals surface area contributed by atoms with Gasteiger partial charge >= 0.3 is 0 Å². The average molecular weight is 307 g/mol. The van der Waals surface area contributed by atoms with Crippen molar-refractivity contribution in [3.63, 3.8) is 0 Å². The predicted molar refractivity (Wildman–Crippen MR) is 81.5 cm³/mol. The standard InChI is InChI=1S/C16H15F2NOS/c1-10-5-3-4-6-15(10)21-11(2)16(20)19-14-8-7-12(17)9-13(14)18/h3-9,11H,1-2H3,(H,19,20). The van der Waals surface area contributed by atoms with Crippen molar-refractivity contribution in [3.05, 3.63) is 59.7 Å². The van der Waals surface area contributed by atoms with E-state index in [1.807, 2.05) is 31.2 Å². The van der Waals surface area contributed by atoms with E-state index in [4.69, 9.17) is 0 Å². The molecule has 1 N–H and O–H groups in total. The van der Waals surface area contributed by atoms with Gasteiger partial charge < -0.3 is 5.32 Å². The number of carbonyl (C=O) groups is 1. The summed E-state index contributed by atoms with van der Waals surface area (Å²) in [6.45, 7) is 3.71. The maximum atomic E-state index is 13.5. The number of rotatable bonds is 4. The second-order valence-electron chi connectivity index (χ2n) is 4.64. The number of anilines is 1. The number of hydrogen-bond acceptors (Lipinski definition) is 2. The summed E-state index contributed by atoms with van der Waals surface area (Å²) in [6, 6.07) is 10.8. The van der Waals surface area contributed by atoms with Crippen LogP contribution in [0.15, 0.2) is 47.4 Å². The zero-order valence-electron chi connectivity index (χ0n) is 11.7. The Morgan fingerprint density at radius 2 is 1.90 bits per heavy atom. The van der Waals surface area contributed by atoms with Crippen LogP contribution in [0.4, 0.5) is 14.5 Å². The smallest absolute Gasteiger partial charge is 0.237 e. The van der Waals surface area contributed by atoms with E-state index in [1.165, 1.54) is 17.8 Å². The van der Waals surface area contributed by atoms with E-state index in [2.05, 4.69) is 5.32 Å². The summed E-state index contributed by atoms with van der Waals surface area (Å²) in [5.41, 5.74) is 1.06. The Balaban J connectivity index is 2.04. The topological polar surface area (TPSA) is 29.1 Å². The van der Waals surface area contributed by atoms with Crippen molar-refractivity contribution in [2.75, 3.05) is 5.32 Å². The van der Waals surface area contributed by atoms with Crippen molar-refractivity contribution in [2.45, 2.75) is 24.0 Å². The number of hydrogen-bond donors (Lipinski definition) is 1. The lowest BCUT2D eigenvalue weighted by Gasteiger charge is -2.13. The Labute approximate surface area is 126 Å². The van der Waals surface area contributed by atoms with E-state index in [9.17, 15) is 13.6 Å². The summed E-state index contributed by atoms with van der Waals surface area (Å²) in [5, 5.41) is 2.08. The molecule has 110 valence electrons. The Hall–Kier alpha value is -1.88.